The maximum Gasteiger partial charge on any atom is 0.308 e. The first-order valence-electron chi connectivity index (χ1n) is 4.66. The standard InChI is InChI=1S/C10H9Cl2N3O2S/c1-5(16)17-6-2-8(11)7(9(12)3-6)4-14-15-10(13)18/h2-4H,1H3,(H3,13,15,18). The van der Waals surface area contributed by atoms with Gasteiger partial charge in [0.25, 0.3) is 0 Å². The molecule has 0 unspecified atom stereocenters. The average Bonchev–Trinajstić information content (AvgIpc) is 2.20. The lowest BCUT2D eigenvalue weighted by molar-refractivity contribution is -0.131. The number of carbonyl (C=O) groups excluding carboxylic acids is 1. The molecule has 0 aromatic heterocycles. The van der Waals surface area contributed by atoms with Crippen LogP contribution in [0.25, 0.3) is 0 Å². The molecule has 0 atom stereocenters. The van der Waals surface area contributed by atoms with Crippen molar-refractivity contribution in [1.82, 2.24) is 5.43 Å². The second-order valence-corrected chi connectivity index (χ2v) is 4.38. The zero-order valence-electron chi connectivity index (χ0n) is 9.24. The molecule has 1 aromatic carbocycles. The van der Waals surface area contributed by atoms with Crippen LogP contribution in [0.2, 0.25) is 10.0 Å². The lowest BCUT2D eigenvalue weighted by Crippen LogP contribution is -2.24. The summed E-state index contributed by atoms with van der Waals surface area (Å²) in [4.78, 5) is 10.8. The molecule has 96 valence electrons. The Labute approximate surface area is 119 Å². The topological polar surface area (TPSA) is 76.7 Å². The highest BCUT2D eigenvalue weighted by Gasteiger charge is 2.08. The molecule has 0 bridgehead atoms. The van der Waals surface area contributed by atoms with Crippen LogP contribution in [0.1, 0.15) is 12.5 Å². The monoisotopic (exact) mass is 305 g/mol. The van der Waals surface area contributed by atoms with Gasteiger partial charge in [0.1, 0.15) is 5.75 Å². The molecule has 0 amide bonds. The summed E-state index contributed by atoms with van der Waals surface area (Å²) in [5.74, 6) is -0.198. The summed E-state index contributed by atoms with van der Waals surface area (Å²) in [6, 6.07) is 2.91. The summed E-state index contributed by atoms with van der Waals surface area (Å²) in [7, 11) is 0. The lowest BCUT2D eigenvalue weighted by atomic mass is 10.2. The van der Waals surface area contributed by atoms with E-state index in [0.717, 1.165) is 0 Å². The quantitative estimate of drug-likeness (QED) is 0.294. The van der Waals surface area contributed by atoms with Gasteiger partial charge >= 0.3 is 5.97 Å². The van der Waals surface area contributed by atoms with Gasteiger partial charge in [0.05, 0.1) is 16.3 Å². The second kappa shape index (κ2) is 6.53. The fraction of sp³-hybridized carbons (Fsp3) is 0.100. The van der Waals surface area contributed by atoms with Crippen molar-refractivity contribution in [2.24, 2.45) is 10.8 Å². The predicted octanol–water partition coefficient (Wildman–Crippen LogP) is 2.09. The fourth-order valence-electron chi connectivity index (χ4n) is 1.07. The van der Waals surface area contributed by atoms with Crippen LogP contribution in [-0.2, 0) is 4.79 Å². The van der Waals surface area contributed by atoms with Gasteiger partial charge in [-0.1, -0.05) is 23.2 Å². The Kier molecular flexibility index (Phi) is 5.33. The van der Waals surface area contributed by atoms with Crippen molar-refractivity contribution in [3.05, 3.63) is 27.7 Å². The third-order valence-electron chi connectivity index (χ3n) is 1.68. The van der Waals surface area contributed by atoms with Crippen molar-refractivity contribution < 1.29 is 9.53 Å². The number of esters is 1. The van der Waals surface area contributed by atoms with Gasteiger partial charge in [-0.25, -0.2) is 0 Å². The molecule has 0 saturated carbocycles. The number of nitrogens with two attached hydrogens (primary N) is 1. The van der Waals surface area contributed by atoms with Gasteiger partial charge in [0.2, 0.25) is 0 Å². The van der Waals surface area contributed by atoms with Crippen molar-refractivity contribution in [1.29, 1.82) is 0 Å². The number of thiocarbonyl (C=S) groups is 1. The van der Waals surface area contributed by atoms with Crippen molar-refractivity contribution >= 4 is 52.7 Å². The van der Waals surface area contributed by atoms with E-state index in [9.17, 15) is 4.79 Å². The molecule has 0 saturated heterocycles. The number of rotatable bonds is 3. The van der Waals surface area contributed by atoms with Gasteiger partial charge in [-0.05, 0) is 12.2 Å². The first kappa shape index (κ1) is 14.7. The first-order chi connectivity index (χ1) is 8.40. The van der Waals surface area contributed by atoms with Crippen molar-refractivity contribution in [2.45, 2.75) is 6.92 Å². The molecule has 3 N–H and O–H groups in total. The van der Waals surface area contributed by atoms with Gasteiger partial charge in [-0.3, -0.25) is 10.2 Å². The molecule has 18 heavy (non-hydrogen) atoms. The van der Waals surface area contributed by atoms with E-state index in [4.69, 9.17) is 33.7 Å². The molecular weight excluding hydrogens is 297 g/mol. The SMILES string of the molecule is CC(=O)Oc1cc(Cl)c(C=NNC(N)=S)c(Cl)c1. The normalized spacial score (nSPS) is 10.4. The molecular formula is C10H9Cl2N3O2S. The fourth-order valence-corrected chi connectivity index (χ4v) is 1.69. The number of benzene rings is 1. The largest absolute Gasteiger partial charge is 0.427 e. The summed E-state index contributed by atoms with van der Waals surface area (Å²) >= 11 is 16.5. The first-order valence-corrected chi connectivity index (χ1v) is 5.82. The van der Waals surface area contributed by atoms with Gasteiger partial charge in [0, 0.05) is 24.6 Å². The number of carbonyl (C=O) groups is 1. The van der Waals surface area contributed by atoms with Gasteiger partial charge in [-0.2, -0.15) is 5.10 Å². The molecule has 0 aliphatic carbocycles. The Morgan fingerprint density at radius 3 is 2.50 bits per heavy atom. The Morgan fingerprint density at radius 1 is 1.50 bits per heavy atom. The number of nitrogens with zero attached hydrogens (tertiary/aromatic N) is 1. The smallest absolute Gasteiger partial charge is 0.308 e. The van der Waals surface area contributed by atoms with Crippen molar-refractivity contribution in [2.75, 3.05) is 0 Å². The number of hydrogen-bond acceptors (Lipinski definition) is 4. The minimum atomic E-state index is -0.460. The lowest BCUT2D eigenvalue weighted by Gasteiger charge is -2.06. The van der Waals surface area contributed by atoms with Crippen LogP contribution < -0.4 is 15.9 Å². The Bertz CT molecular complexity index is 497. The van der Waals surface area contributed by atoms with Crippen LogP contribution in [0, 0.1) is 0 Å². The van der Waals surface area contributed by atoms with E-state index >= 15 is 0 Å². The molecule has 0 aliphatic rings. The highest BCUT2D eigenvalue weighted by atomic mass is 35.5. The van der Waals surface area contributed by atoms with E-state index in [1.807, 2.05) is 0 Å². The van der Waals surface area contributed by atoms with Gasteiger partial charge in [0.15, 0.2) is 5.11 Å². The Balaban J connectivity index is 2.97. The van der Waals surface area contributed by atoms with Crippen molar-refractivity contribution in [3.63, 3.8) is 0 Å². The van der Waals surface area contributed by atoms with E-state index in [0.29, 0.717) is 5.56 Å². The van der Waals surface area contributed by atoms with Gasteiger partial charge < -0.3 is 10.5 Å². The molecule has 0 spiro atoms. The van der Waals surface area contributed by atoms with E-state index in [-0.39, 0.29) is 20.9 Å². The highest BCUT2D eigenvalue weighted by Crippen LogP contribution is 2.29. The third-order valence-corrected chi connectivity index (χ3v) is 2.40. The molecule has 1 aromatic rings. The minimum absolute atomic E-state index is 0.0232. The Morgan fingerprint density at radius 2 is 2.06 bits per heavy atom. The van der Waals surface area contributed by atoms with E-state index in [1.54, 1.807) is 0 Å². The summed E-state index contributed by atoms with van der Waals surface area (Å²) in [5.41, 5.74) is 8.02. The second-order valence-electron chi connectivity index (χ2n) is 3.13. The number of hydrazone groups is 1. The van der Waals surface area contributed by atoms with Crippen LogP contribution in [-0.4, -0.2) is 17.3 Å². The maximum atomic E-state index is 10.8. The molecule has 0 radical (unpaired) electrons. The van der Waals surface area contributed by atoms with Crippen LogP contribution in [0.5, 0.6) is 5.75 Å². The third kappa shape index (κ3) is 4.48. The van der Waals surface area contributed by atoms with Crippen LogP contribution in [0.15, 0.2) is 17.2 Å². The zero-order valence-corrected chi connectivity index (χ0v) is 11.6. The van der Waals surface area contributed by atoms with Gasteiger partial charge in [-0.15, -0.1) is 0 Å². The average molecular weight is 306 g/mol. The summed E-state index contributed by atoms with van der Waals surface area (Å²) in [5, 5.41) is 4.33. The molecule has 0 aliphatic heterocycles. The molecule has 0 fully saturated rings. The number of ether oxygens (including phenoxy) is 1. The van der Waals surface area contributed by atoms with Crippen LogP contribution in [0.4, 0.5) is 0 Å². The number of halogens is 2. The summed E-state index contributed by atoms with van der Waals surface area (Å²) in [6.07, 6.45) is 1.36. The molecule has 1 rings (SSSR count). The Hall–Kier alpha value is -1.37. The molecule has 0 heterocycles. The summed E-state index contributed by atoms with van der Waals surface area (Å²) in [6.45, 7) is 1.28. The number of hydrogen-bond donors (Lipinski definition) is 2. The van der Waals surface area contributed by atoms with Crippen LogP contribution >= 0.6 is 35.4 Å². The van der Waals surface area contributed by atoms with E-state index < -0.39 is 5.97 Å². The molecule has 5 nitrogen and oxygen atoms in total. The van der Waals surface area contributed by atoms with Crippen molar-refractivity contribution in [3.8, 4) is 5.75 Å². The molecule has 8 heteroatoms. The zero-order chi connectivity index (χ0) is 13.7. The maximum absolute atomic E-state index is 10.8. The predicted molar refractivity (Wildman–Crippen MR) is 75.3 cm³/mol. The van der Waals surface area contributed by atoms with E-state index in [2.05, 4.69) is 22.7 Å². The number of nitrogens with one attached hydrogen (secondary N) is 1. The van der Waals surface area contributed by atoms with Crippen LogP contribution in [0.3, 0.4) is 0 Å². The van der Waals surface area contributed by atoms with E-state index in [1.165, 1.54) is 25.3 Å². The summed E-state index contributed by atoms with van der Waals surface area (Å²) < 4.78 is 4.86. The minimum Gasteiger partial charge on any atom is -0.427 e. The highest BCUT2D eigenvalue weighted by molar-refractivity contribution is 7.80.